The summed E-state index contributed by atoms with van der Waals surface area (Å²) in [6, 6.07) is 5.29. The number of ether oxygens (including phenoxy) is 1. The van der Waals surface area contributed by atoms with Crippen molar-refractivity contribution in [1.82, 2.24) is 10.2 Å². The first-order valence-electron chi connectivity index (χ1n) is 8.12. The summed E-state index contributed by atoms with van der Waals surface area (Å²) in [5.74, 6) is 0. The molecule has 1 atom stereocenters. The minimum absolute atomic E-state index is 0.668. The molecule has 0 aromatic heterocycles. The second kappa shape index (κ2) is 7.92. The predicted molar refractivity (Wildman–Crippen MR) is 88.8 cm³/mol. The van der Waals surface area contributed by atoms with Crippen LogP contribution < -0.4 is 5.32 Å². The molecule has 1 aromatic rings. The Balaban J connectivity index is 1.95. The molecule has 0 aliphatic carbocycles. The zero-order valence-corrected chi connectivity index (χ0v) is 14.0. The van der Waals surface area contributed by atoms with Crippen LogP contribution in [0.3, 0.4) is 0 Å². The summed E-state index contributed by atoms with van der Waals surface area (Å²) in [6.45, 7) is 11.8. The van der Waals surface area contributed by atoms with E-state index in [4.69, 9.17) is 4.74 Å². The second-order valence-corrected chi connectivity index (χ2v) is 6.34. The van der Waals surface area contributed by atoms with Gasteiger partial charge in [0, 0.05) is 32.8 Å². The highest BCUT2D eigenvalue weighted by Crippen LogP contribution is 2.24. The van der Waals surface area contributed by atoms with Crippen LogP contribution in [-0.2, 0) is 11.3 Å². The fourth-order valence-corrected chi connectivity index (χ4v) is 3.44. The van der Waals surface area contributed by atoms with Gasteiger partial charge in [-0.05, 0) is 56.8 Å². The van der Waals surface area contributed by atoms with Gasteiger partial charge in [-0.2, -0.15) is 0 Å². The smallest absolute Gasteiger partial charge is 0.0587 e. The molecule has 0 amide bonds. The molecule has 1 aliphatic rings. The molecule has 3 nitrogen and oxygen atoms in total. The topological polar surface area (TPSA) is 24.5 Å². The Bertz CT molecular complexity index is 436. The van der Waals surface area contributed by atoms with Gasteiger partial charge in [0.1, 0.15) is 0 Å². The summed E-state index contributed by atoms with van der Waals surface area (Å²) >= 11 is 0. The number of aryl methyl sites for hydroxylation is 3. The molecule has 2 rings (SSSR count). The van der Waals surface area contributed by atoms with Crippen LogP contribution >= 0.6 is 0 Å². The highest BCUT2D eigenvalue weighted by Gasteiger charge is 2.24. The summed E-state index contributed by atoms with van der Waals surface area (Å²) < 4.78 is 5.10. The Morgan fingerprint density at radius 3 is 2.62 bits per heavy atom. The van der Waals surface area contributed by atoms with Crippen LogP contribution in [-0.4, -0.2) is 44.3 Å². The van der Waals surface area contributed by atoms with Crippen LogP contribution in [0.2, 0.25) is 0 Å². The van der Waals surface area contributed by atoms with Crippen LogP contribution in [0.1, 0.15) is 35.1 Å². The van der Waals surface area contributed by atoms with Gasteiger partial charge in [-0.1, -0.05) is 17.7 Å². The van der Waals surface area contributed by atoms with Crippen molar-refractivity contribution in [2.24, 2.45) is 0 Å². The van der Waals surface area contributed by atoms with Crippen LogP contribution in [0, 0.1) is 20.8 Å². The Morgan fingerprint density at radius 2 is 1.95 bits per heavy atom. The van der Waals surface area contributed by atoms with E-state index >= 15 is 0 Å². The van der Waals surface area contributed by atoms with Crippen molar-refractivity contribution in [2.75, 3.05) is 33.4 Å². The van der Waals surface area contributed by atoms with E-state index < -0.39 is 0 Å². The molecule has 1 aromatic carbocycles. The Kier molecular flexibility index (Phi) is 6.22. The minimum atomic E-state index is 0.668. The van der Waals surface area contributed by atoms with Gasteiger partial charge in [-0.3, -0.25) is 4.90 Å². The first-order valence-corrected chi connectivity index (χ1v) is 8.12. The van der Waals surface area contributed by atoms with Gasteiger partial charge in [-0.25, -0.2) is 0 Å². The van der Waals surface area contributed by atoms with Crippen molar-refractivity contribution in [3.63, 3.8) is 0 Å². The minimum Gasteiger partial charge on any atom is -0.383 e. The monoisotopic (exact) mass is 290 g/mol. The zero-order chi connectivity index (χ0) is 15.2. The van der Waals surface area contributed by atoms with E-state index in [0.717, 1.165) is 26.2 Å². The fraction of sp³-hybridized carbons (Fsp3) is 0.667. The highest BCUT2D eigenvalue weighted by atomic mass is 16.5. The quantitative estimate of drug-likeness (QED) is 0.782. The van der Waals surface area contributed by atoms with Crippen LogP contribution in [0.4, 0.5) is 0 Å². The van der Waals surface area contributed by atoms with E-state index in [-0.39, 0.29) is 0 Å². The molecule has 1 heterocycles. The number of nitrogens with zero attached hydrogens (tertiary/aromatic N) is 1. The van der Waals surface area contributed by atoms with E-state index in [1.165, 1.54) is 41.6 Å². The molecule has 1 fully saturated rings. The lowest BCUT2D eigenvalue weighted by Crippen LogP contribution is -2.38. The van der Waals surface area contributed by atoms with E-state index in [1.54, 1.807) is 7.11 Å². The maximum atomic E-state index is 5.10. The number of methoxy groups -OCH3 is 1. The molecule has 118 valence electrons. The fourth-order valence-electron chi connectivity index (χ4n) is 3.44. The largest absolute Gasteiger partial charge is 0.383 e. The van der Waals surface area contributed by atoms with Gasteiger partial charge in [0.15, 0.2) is 0 Å². The average Bonchev–Trinajstić information content (AvgIpc) is 2.86. The van der Waals surface area contributed by atoms with Crippen molar-refractivity contribution >= 4 is 0 Å². The summed E-state index contributed by atoms with van der Waals surface area (Å²) in [6.07, 6.45) is 2.63. The molecule has 1 unspecified atom stereocenters. The lowest BCUT2D eigenvalue weighted by Gasteiger charge is -2.26. The van der Waals surface area contributed by atoms with E-state index in [2.05, 4.69) is 43.1 Å². The SMILES string of the molecule is COCCNCC1CCCN1Cc1c(C)cc(C)cc1C. The van der Waals surface area contributed by atoms with E-state index in [0.29, 0.717) is 6.04 Å². The maximum Gasteiger partial charge on any atom is 0.0587 e. The van der Waals surface area contributed by atoms with Gasteiger partial charge < -0.3 is 10.1 Å². The predicted octanol–water partition coefficient (Wildman–Crippen LogP) is 2.81. The lowest BCUT2D eigenvalue weighted by atomic mass is 9.99. The molecule has 0 spiro atoms. The number of rotatable bonds is 7. The van der Waals surface area contributed by atoms with Crippen molar-refractivity contribution < 1.29 is 4.74 Å². The van der Waals surface area contributed by atoms with Gasteiger partial charge in [-0.15, -0.1) is 0 Å². The summed E-state index contributed by atoms with van der Waals surface area (Å²) in [5, 5.41) is 3.52. The number of benzene rings is 1. The third kappa shape index (κ3) is 4.53. The molecular weight excluding hydrogens is 260 g/mol. The molecule has 1 N–H and O–H groups in total. The van der Waals surface area contributed by atoms with E-state index in [1.807, 2.05) is 0 Å². The summed E-state index contributed by atoms with van der Waals surface area (Å²) in [7, 11) is 1.76. The Hall–Kier alpha value is -0.900. The molecule has 21 heavy (non-hydrogen) atoms. The standard InChI is InChI=1S/C18H30N2O/c1-14-10-15(2)18(16(3)11-14)13-20-8-5-6-17(20)12-19-7-9-21-4/h10-11,17,19H,5-9,12-13H2,1-4H3. The molecule has 0 radical (unpaired) electrons. The molecule has 3 heteroatoms. The van der Waals surface area contributed by atoms with Crippen molar-refractivity contribution in [3.05, 3.63) is 34.4 Å². The number of nitrogens with one attached hydrogen (secondary N) is 1. The zero-order valence-electron chi connectivity index (χ0n) is 14.0. The summed E-state index contributed by atoms with van der Waals surface area (Å²) in [5.41, 5.74) is 5.76. The van der Waals surface area contributed by atoms with Crippen molar-refractivity contribution in [3.8, 4) is 0 Å². The third-order valence-corrected chi connectivity index (χ3v) is 4.56. The van der Waals surface area contributed by atoms with Gasteiger partial charge in [0.25, 0.3) is 0 Å². The molecule has 0 saturated carbocycles. The van der Waals surface area contributed by atoms with Crippen LogP contribution in [0.5, 0.6) is 0 Å². The Morgan fingerprint density at radius 1 is 1.24 bits per heavy atom. The first kappa shape index (κ1) is 16.5. The molecule has 0 bridgehead atoms. The first-order chi connectivity index (χ1) is 10.1. The lowest BCUT2D eigenvalue weighted by molar-refractivity contribution is 0.190. The third-order valence-electron chi connectivity index (χ3n) is 4.56. The Labute approximate surface area is 129 Å². The normalized spacial score (nSPS) is 19.3. The van der Waals surface area contributed by atoms with Crippen molar-refractivity contribution in [2.45, 2.75) is 46.2 Å². The molecule has 1 aliphatic heterocycles. The van der Waals surface area contributed by atoms with Gasteiger partial charge in [0.2, 0.25) is 0 Å². The van der Waals surface area contributed by atoms with Crippen LogP contribution in [0.15, 0.2) is 12.1 Å². The van der Waals surface area contributed by atoms with E-state index in [9.17, 15) is 0 Å². The molecular formula is C18H30N2O. The second-order valence-electron chi connectivity index (χ2n) is 6.34. The van der Waals surface area contributed by atoms with Gasteiger partial charge >= 0.3 is 0 Å². The highest BCUT2D eigenvalue weighted by molar-refractivity contribution is 5.37. The average molecular weight is 290 g/mol. The van der Waals surface area contributed by atoms with Crippen molar-refractivity contribution in [1.29, 1.82) is 0 Å². The maximum absolute atomic E-state index is 5.10. The molecule has 1 saturated heterocycles. The summed E-state index contributed by atoms with van der Waals surface area (Å²) in [4.78, 5) is 2.64. The number of hydrogen-bond donors (Lipinski definition) is 1. The van der Waals surface area contributed by atoms with Crippen LogP contribution in [0.25, 0.3) is 0 Å². The number of likely N-dealkylation sites (tertiary alicyclic amines) is 1. The van der Waals surface area contributed by atoms with Gasteiger partial charge in [0.05, 0.1) is 6.61 Å². The number of hydrogen-bond acceptors (Lipinski definition) is 3.